The summed E-state index contributed by atoms with van der Waals surface area (Å²) in [4.78, 5) is 0. The second-order valence-corrected chi connectivity index (χ2v) is 12.7. The van der Waals surface area contributed by atoms with Crippen molar-refractivity contribution in [2.24, 2.45) is 0 Å². The molecule has 2 aromatic heterocycles. The number of furan rings is 2. The van der Waals surface area contributed by atoms with Crippen molar-refractivity contribution in [2.75, 3.05) is 6.61 Å². The minimum Gasteiger partial charge on any atom is -0.493 e. The predicted molar refractivity (Wildman–Crippen MR) is 183 cm³/mol. The number of ether oxygens (including phenoxy) is 3. The standard InChI is InChI=1S/C30H40O2.C10H10O3/c1-6-8-9-10-13-21(3)32-28-19-17-25-26(30(28,4)5)18-16-24-23-15-12-11-14-22(23)20-27(29(24)25)31-7-2;1-3-9(12-5-1)7-11-8-10-4-2-6-13-10/h11-12,14-16,18,20-21,28H,6-10,13,17,19H2,1-5H3;1-6H,7-8H2. The molecule has 0 bridgehead atoms. The van der Waals surface area contributed by atoms with Gasteiger partial charge in [0.05, 0.1) is 31.3 Å². The van der Waals surface area contributed by atoms with Gasteiger partial charge in [-0.1, -0.05) is 82.9 Å². The van der Waals surface area contributed by atoms with Crippen LogP contribution >= 0.6 is 0 Å². The van der Waals surface area contributed by atoms with Crippen LogP contribution in [0.25, 0.3) is 21.5 Å². The Morgan fingerprint density at radius 1 is 0.844 bits per heavy atom. The maximum Gasteiger partial charge on any atom is 0.129 e. The van der Waals surface area contributed by atoms with Gasteiger partial charge in [0.1, 0.15) is 30.5 Å². The predicted octanol–water partition coefficient (Wildman–Crippen LogP) is 10.9. The molecule has 2 unspecified atom stereocenters. The first kappa shape index (κ1) is 32.8. The molecule has 45 heavy (non-hydrogen) atoms. The van der Waals surface area contributed by atoms with E-state index in [1.165, 1.54) is 58.4 Å². The Morgan fingerprint density at radius 3 is 2.24 bits per heavy atom. The fourth-order valence-corrected chi connectivity index (χ4v) is 6.66. The molecule has 2 atom stereocenters. The molecule has 0 spiro atoms. The SMILES string of the molecule is CCCCCCC(C)OC1CCc2c(ccc3c2c(OCC)cc2ccccc23)C1(C)C.c1coc(COCc2ccco2)c1. The number of benzene rings is 3. The Kier molecular flexibility index (Phi) is 11.4. The summed E-state index contributed by atoms with van der Waals surface area (Å²) in [5, 5.41) is 5.18. The van der Waals surface area contributed by atoms with Gasteiger partial charge in [0.2, 0.25) is 0 Å². The van der Waals surface area contributed by atoms with Crippen LogP contribution in [0.15, 0.2) is 88.1 Å². The maximum atomic E-state index is 6.67. The largest absolute Gasteiger partial charge is 0.493 e. The highest BCUT2D eigenvalue weighted by atomic mass is 16.5. The third-order valence-electron chi connectivity index (χ3n) is 9.06. The Hall–Kier alpha value is -3.54. The minimum absolute atomic E-state index is 0.0193. The van der Waals surface area contributed by atoms with Gasteiger partial charge < -0.3 is 23.0 Å². The summed E-state index contributed by atoms with van der Waals surface area (Å²) in [5.41, 5.74) is 2.86. The topological polar surface area (TPSA) is 54.0 Å². The van der Waals surface area contributed by atoms with Crippen molar-refractivity contribution in [1.29, 1.82) is 0 Å². The molecular weight excluding hydrogens is 560 g/mol. The number of unbranched alkanes of at least 4 members (excludes halogenated alkanes) is 3. The van der Waals surface area contributed by atoms with E-state index >= 15 is 0 Å². The maximum absolute atomic E-state index is 6.67. The molecule has 3 aromatic carbocycles. The monoisotopic (exact) mass is 610 g/mol. The third kappa shape index (κ3) is 8.01. The number of aryl methyl sites for hydroxylation is 1. The Bertz CT molecular complexity index is 1570. The average Bonchev–Trinajstić information content (AvgIpc) is 3.76. The Balaban J connectivity index is 0.000000256. The van der Waals surface area contributed by atoms with Gasteiger partial charge in [-0.15, -0.1) is 0 Å². The molecule has 2 heterocycles. The molecule has 0 N–H and O–H groups in total. The van der Waals surface area contributed by atoms with E-state index in [1.54, 1.807) is 12.5 Å². The molecule has 1 aliphatic rings. The lowest BCUT2D eigenvalue weighted by Crippen LogP contribution is -2.42. The summed E-state index contributed by atoms with van der Waals surface area (Å²) in [6.07, 6.45) is 12.3. The van der Waals surface area contributed by atoms with Crippen molar-refractivity contribution >= 4 is 21.5 Å². The van der Waals surface area contributed by atoms with E-state index in [0.29, 0.717) is 25.9 Å². The zero-order valence-corrected chi connectivity index (χ0v) is 27.8. The molecule has 0 saturated carbocycles. The zero-order valence-electron chi connectivity index (χ0n) is 27.8. The number of fused-ring (bicyclic) bond motifs is 5. The molecule has 1 aliphatic carbocycles. The number of rotatable bonds is 13. The fourth-order valence-electron chi connectivity index (χ4n) is 6.66. The molecule has 0 radical (unpaired) electrons. The molecule has 0 saturated heterocycles. The number of hydrogen-bond acceptors (Lipinski definition) is 5. The van der Waals surface area contributed by atoms with E-state index in [2.05, 4.69) is 77.1 Å². The van der Waals surface area contributed by atoms with E-state index in [4.69, 9.17) is 23.0 Å². The minimum atomic E-state index is -0.0193. The molecule has 0 aliphatic heterocycles. The summed E-state index contributed by atoms with van der Waals surface area (Å²) < 4.78 is 28.4. The molecule has 240 valence electrons. The van der Waals surface area contributed by atoms with Gasteiger partial charge in [-0.25, -0.2) is 0 Å². The van der Waals surface area contributed by atoms with Crippen molar-refractivity contribution in [3.63, 3.8) is 0 Å². The van der Waals surface area contributed by atoms with Gasteiger partial charge in [0.15, 0.2) is 0 Å². The first-order chi connectivity index (χ1) is 21.9. The highest BCUT2D eigenvalue weighted by Gasteiger charge is 2.39. The first-order valence-corrected chi connectivity index (χ1v) is 16.8. The van der Waals surface area contributed by atoms with Gasteiger partial charge in [0, 0.05) is 10.8 Å². The highest BCUT2D eigenvalue weighted by molar-refractivity contribution is 6.11. The lowest BCUT2D eigenvalue weighted by atomic mass is 9.69. The smallest absolute Gasteiger partial charge is 0.129 e. The molecule has 5 nitrogen and oxygen atoms in total. The second-order valence-electron chi connectivity index (χ2n) is 12.7. The molecule has 0 amide bonds. The van der Waals surface area contributed by atoms with Gasteiger partial charge in [-0.2, -0.15) is 0 Å². The molecule has 5 aromatic rings. The molecule has 0 fully saturated rings. The van der Waals surface area contributed by atoms with Crippen molar-refractivity contribution < 1.29 is 23.0 Å². The second kappa shape index (κ2) is 15.6. The van der Waals surface area contributed by atoms with Crippen LogP contribution in [-0.2, 0) is 34.5 Å². The van der Waals surface area contributed by atoms with Crippen LogP contribution in [-0.4, -0.2) is 18.8 Å². The van der Waals surface area contributed by atoms with Crippen molar-refractivity contribution in [1.82, 2.24) is 0 Å². The van der Waals surface area contributed by atoms with Crippen molar-refractivity contribution in [2.45, 2.75) is 110 Å². The van der Waals surface area contributed by atoms with Crippen LogP contribution in [0.4, 0.5) is 0 Å². The summed E-state index contributed by atoms with van der Waals surface area (Å²) in [6.45, 7) is 13.0. The first-order valence-electron chi connectivity index (χ1n) is 16.8. The lowest BCUT2D eigenvalue weighted by molar-refractivity contribution is -0.0509. The summed E-state index contributed by atoms with van der Waals surface area (Å²) in [5.74, 6) is 2.68. The summed E-state index contributed by atoms with van der Waals surface area (Å²) in [6, 6.07) is 23.0. The zero-order chi connectivity index (χ0) is 31.6. The van der Waals surface area contributed by atoms with Crippen LogP contribution < -0.4 is 4.74 Å². The van der Waals surface area contributed by atoms with Crippen LogP contribution in [0.1, 0.15) is 95.8 Å². The van der Waals surface area contributed by atoms with Crippen molar-refractivity contribution in [3.8, 4) is 5.75 Å². The van der Waals surface area contributed by atoms with Crippen LogP contribution in [0.5, 0.6) is 5.75 Å². The molecule has 5 heteroatoms. The third-order valence-corrected chi connectivity index (χ3v) is 9.06. The van der Waals surface area contributed by atoms with Gasteiger partial charge in [-0.05, 0) is 90.7 Å². The fraction of sp³-hybridized carbons (Fsp3) is 0.450. The lowest BCUT2D eigenvalue weighted by Gasteiger charge is -2.42. The summed E-state index contributed by atoms with van der Waals surface area (Å²) >= 11 is 0. The van der Waals surface area contributed by atoms with E-state index < -0.39 is 0 Å². The van der Waals surface area contributed by atoms with E-state index in [9.17, 15) is 0 Å². The van der Waals surface area contributed by atoms with Crippen LogP contribution in [0, 0.1) is 0 Å². The highest BCUT2D eigenvalue weighted by Crippen LogP contribution is 2.46. The average molecular weight is 611 g/mol. The van der Waals surface area contributed by atoms with Crippen LogP contribution in [0.2, 0.25) is 0 Å². The summed E-state index contributed by atoms with van der Waals surface area (Å²) in [7, 11) is 0. The Morgan fingerprint density at radius 2 is 1.58 bits per heavy atom. The number of hydrogen-bond donors (Lipinski definition) is 0. The van der Waals surface area contributed by atoms with Crippen LogP contribution in [0.3, 0.4) is 0 Å². The van der Waals surface area contributed by atoms with E-state index in [-0.39, 0.29) is 11.5 Å². The van der Waals surface area contributed by atoms with E-state index in [0.717, 1.165) is 36.5 Å². The normalized spacial score (nSPS) is 16.2. The molecular formula is C40H50O5. The van der Waals surface area contributed by atoms with Gasteiger partial charge >= 0.3 is 0 Å². The van der Waals surface area contributed by atoms with E-state index in [1.807, 2.05) is 24.3 Å². The Labute approximate surface area is 268 Å². The quantitative estimate of drug-likeness (QED) is 0.0980. The van der Waals surface area contributed by atoms with Gasteiger partial charge in [-0.3, -0.25) is 0 Å². The molecule has 6 rings (SSSR count). The van der Waals surface area contributed by atoms with Crippen molar-refractivity contribution in [3.05, 3.63) is 102 Å². The van der Waals surface area contributed by atoms with Gasteiger partial charge in [0.25, 0.3) is 0 Å².